The molecular formula is C22H23BrN2O4. The van der Waals surface area contributed by atoms with Crippen LogP contribution < -0.4 is 10.1 Å². The molecule has 3 aromatic rings. The molecule has 0 aliphatic carbocycles. The van der Waals surface area contributed by atoms with Crippen molar-refractivity contribution in [2.24, 2.45) is 0 Å². The van der Waals surface area contributed by atoms with Crippen molar-refractivity contribution in [1.82, 2.24) is 10.3 Å². The number of esters is 1. The van der Waals surface area contributed by atoms with Crippen molar-refractivity contribution in [2.75, 3.05) is 13.7 Å². The number of hydrogen-bond acceptors (Lipinski definition) is 4. The predicted octanol–water partition coefficient (Wildman–Crippen LogP) is 3.99. The van der Waals surface area contributed by atoms with E-state index in [9.17, 15) is 9.59 Å². The second-order valence-electron chi connectivity index (χ2n) is 6.62. The number of aromatic amines is 1. The number of para-hydroxylation sites is 1. The third-order valence-electron chi connectivity index (χ3n) is 4.53. The first-order chi connectivity index (χ1) is 14.1. The average Bonchev–Trinajstić information content (AvgIpc) is 3.13. The normalized spacial score (nSPS) is 11.8. The van der Waals surface area contributed by atoms with Crippen molar-refractivity contribution in [3.8, 4) is 5.75 Å². The molecule has 29 heavy (non-hydrogen) atoms. The number of fused-ring (bicyclic) bond motifs is 1. The smallest absolute Gasteiger partial charge is 0.328 e. The number of hydrogen-bond donors (Lipinski definition) is 2. The summed E-state index contributed by atoms with van der Waals surface area (Å²) in [5.41, 5.74) is 1.94. The van der Waals surface area contributed by atoms with Crippen LogP contribution in [0.4, 0.5) is 0 Å². The van der Waals surface area contributed by atoms with Gasteiger partial charge >= 0.3 is 5.97 Å². The van der Waals surface area contributed by atoms with E-state index in [0.29, 0.717) is 19.4 Å². The minimum Gasteiger partial charge on any atom is -0.494 e. The van der Waals surface area contributed by atoms with Crippen molar-refractivity contribution in [3.05, 3.63) is 64.8 Å². The lowest BCUT2D eigenvalue weighted by Gasteiger charge is -2.16. The summed E-state index contributed by atoms with van der Waals surface area (Å²) in [5, 5.41) is 3.81. The number of carbonyl (C=O) groups excluding carboxylic acids is 2. The van der Waals surface area contributed by atoms with Gasteiger partial charge in [0.1, 0.15) is 11.8 Å². The first-order valence-corrected chi connectivity index (χ1v) is 10.2. The van der Waals surface area contributed by atoms with Crippen LogP contribution in [0.15, 0.2) is 59.2 Å². The summed E-state index contributed by atoms with van der Waals surface area (Å²) in [6.07, 6.45) is 3.02. The monoisotopic (exact) mass is 458 g/mol. The molecule has 0 saturated heterocycles. The lowest BCUT2D eigenvalue weighted by molar-refractivity contribution is -0.145. The zero-order valence-electron chi connectivity index (χ0n) is 16.1. The molecule has 0 aliphatic heterocycles. The second-order valence-corrected chi connectivity index (χ2v) is 7.53. The molecule has 6 nitrogen and oxygen atoms in total. The van der Waals surface area contributed by atoms with Crippen molar-refractivity contribution in [1.29, 1.82) is 0 Å². The Labute approximate surface area is 177 Å². The van der Waals surface area contributed by atoms with Crippen LogP contribution in [0, 0.1) is 0 Å². The zero-order chi connectivity index (χ0) is 20.6. The maximum absolute atomic E-state index is 12.3. The van der Waals surface area contributed by atoms with Crippen LogP contribution in [-0.2, 0) is 20.7 Å². The van der Waals surface area contributed by atoms with Crippen molar-refractivity contribution in [3.63, 3.8) is 0 Å². The number of amides is 1. The minimum atomic E-state index is -0.738. The molecule has 7 heteroatoms. The topological polar surface area (TPSA) is 80.4 Å². The van der Waals surface area contributed by atoms with Gasteiger partial charge in [0, 0.05) is 34.4 Å². The summed E-state index contributed by atoms with van der Waals surface area (Å²) in [7, 11) is 1.32. The van der Waals surface area contributed by atoms with Crippen molar-refractivity contribution in [2.45, 2.75) is 25.3 Å². The molecule has 0 spiro atoms. The highest BCUT2D eigenvalue weighted by Crippen LogP contribution is 2.20. The molecule has 0 bridgehead atoms. The molecule has 152 valence electrons. The molecular weight excluding hydrogens is 436 g/mol. The Balaban J connectivity index is 1.53. The molecule has 2 aromatic carbocycles. The van der Waals surface area contributed by atoms with Crippen LogP contribution in [0.1, 0.15) is 18.4 Å². The molecule has 1 aromatic heterocycles. The maximum Gasteiger partial charge on any atom is 0.328 e. The van der Waals surface area contributed by atoms with Gasteiger partial charge in [0.25, 0.3) is 0 Å². The van der Waals surface area contributed by atoms with Crippen molar-refractivity contribution < 1.29 is 19.1 Å². The summed E-state index contributed by atoms with van der Waals surface area (Å²) >= 11 is 3.39. The summed E-state index contributed by atoms with van der Waals surface area (Å²) < 4.78 is 11.5. The highest BCUT2D eigenvalue weighted by molar-refractivity contribution is 9.10. The number of methoxy groups -OCH3 is 1. The molecule has 0 saturated carbocycles. The van der Waals surface area contributed by atoms with Crippen LogP contribution in [0.5, 0.6) is 5.75 Å². The Hall–Kier alpha value is -2.80. The SMILES string of the molecule is COC(=O)C(Cc1c[nH]c2ccccc12)NC(=O)CCCOc1cccc(Br)c1. The quantitative estimate of drug-likeness (QED) is 0.375. The van der Waals surface area contributed by atoms with E-state index in [0.717, 1.165) is 26.7 Å². The summed E-state index contributed by atoms with van der Waals surface area (Å²) in [6, 6.07) is 14.6. The Morgan fingerprint density at radius 3 is 2.79 bits per heavy atom. The zero-order valence-corrected chi connectivity index (χ0v) is 17.7. The summed E-state index contributed by atoms with van der Waals surface area (Å²) in [5.74, 6) is 0.0682. The molecule has 1 heterocycles. The Bertz CT molecular complexity index is 986. The molecule has 0 fully saturated rings. The summed E-state index contributed by atoms with van der Waals surface area (Å²) in [4.78, 5) is 27.7. The third kappa shape index (κ3) is 5.84. The number of rotatable bonds is 9. The fraction of sp³-hybridized carbons (Fsp3) is 0.273. The van der Waals surface area contributed by atoms with E-state index in [1.807, 2.05) is 54.7 Å². The van der Waals surface area contributed by atoms with E-state index < -0.39 is 12.0 Å². The van der Waals surface area contributed by atoms with Gasteiger partial charge in [-0.05, 0) is 36.2 Å². The van der Waals surface area contributed by atoms with E-state index in [4.69, 9.17) is 9.47 Å². The molecule has 0 aliphatic rings. The van der Waals surface area contributed by atoms with E-state index in [-0.39, 0.29) is 12.3 Å². The maximum atomic E-state index is 12.3. The van der Waals surface area contributed by atoms with Gasteiger partial charge in [-0.15, -0.1) is 0 Å². The highest BCUT2D eigenvalue weighted by Gasteiger charge is 2.23. The summed E-state index contributed by atoms with van der Waals surface area (Å²) in [6.45, 7) is 0.412. The van der Waals surface area contributed by atoms with Gasteiger partial charge < -0.3 is 19.8 Å². The Morgan fingerprint density at radius 2 is 2.00 bits per heavy atom. The molecule has 1 unspecified atom stereocenters. The molecule has 0 radical (unpaired) electrons. The Kier molecular flexibility index (Phi) is 7.30. The van der Waals surface area contributed by atoms with Crippen molar-refractivity contribution >= 4 is 38.7 Å². The van der Waals surface area contributed by atoms with Crippen LogP contribution in [0.2, 0.25) is 0 Å². The van der Waals surface area contributed by atoms with Gasteiger partial charge in [-0.25, -0.2) is 4.79 Å². The highest BCUT2D eigenvalue weighted by atomic mass is 79.9. The Morgan fingerprint density at radius 1 is 1.17 bits per heavy atom. The number of halogens is 1. The molecule has 1 atom stereocenters. The van der Waals surface area contributed by atoms with Gasteiger partial charge in [-0.2, -0.15) is 0 Å². The number of ether oxygens (including phenoxy) is 2. The number of aromatic nitrogens is 1. The first-order valence-electron chi connectivity index (χ1n) is 9.37. The molecule has 3 rings (SSSR count). The van der Waals surface area contributed by atoms with Gasteiger partial charge in [0.15, 0.2) is 0 Å². The van der Waals surface area contributed by atoms with Gasteiger partial charge in [0.05, 0.1) is 13.7 Å². The fourth-order valence-corrected chi connectivity index (χ4v) is 3.48. The van der Waals surface area contributed by atoms with E-state index >= 15 is 0 Å². The minimum absolute atomic E-state index is 0.210. The first kappa shape index (κ1) is 20.9. The van der Waals surface area contributed by atoms with E-state index in [2.05, 4.69) is 26.2 Å². The van der Waals surface area contributed by atoms with Crippen LogP contribution in [0.3, 0.4) is 0 Å². The number of benzene rings is 2. The predicted molar refractivity (Wildman–Crippen MR) is 115 cm³/mol. The standard InChI is InChI=1S/C22H23BrN2O4/c1-28-22(27)20(12-15-14-24-19-9-3-2-8-18(15)19)25-21(26)10-5-11-29-17-7-4-6-16(23)13-17/h2-4,6-9,13-14,20,24H,5,10-12H2,1H3,(H,25,26). The van der Waals surface area contributed by atoms with Crippen LogP contribution in [-0.4, -0.2) is 36.6 Å². The van der Waals surface area contributed by atoms with Crippen LogP contribution >= 0.6 is 15.9 Å². The number of carbonyl (C=O) groups is 2. The average molecular weight is 459 g/mol. The lowest BCUT2D eigenvalue weighted by atomic mass is 10.0. The number of H-pyrrole nitrogens is 1. The number of nitrogens with one attached hydrogen (secondary N) is 2. The van der Waals surface area contributed by atoms with Gasteiger partial charge in [-0.3, -0.25) is 4.79 Å². The van der Waals surface area contributed by atoms with E-state index in [1.54, 1.807) is 0 Å². The lowest BCUT2D eigenvalue weighted by Crippen LogP contribution is -2.43. The molecule has 2 N–H and O–H groups in total. The van der Waals surface area contributed by atoms with Crippen LogP contribution in [0.25, 0.3) is 10.9 Å². The van der Waals surface area contributed by atoms with Gasteiger partial charge in [-0.1, -0.05) is 40.2 Å². The fourth-order valence-electron chi connectivity index (χ4n) is 3.10. The largest absolute Gasteiger partial charge is 0.494 e. The third-order valence-corrected chi connectivity index (χ3v) is 5.03. The van der Waals surface area contributed by atoms with Gasteiger partial charge in [0.2, 0.25) is 5.91 Å². The van der Waals surface area contributed by atoms with E-state index in [1.165, 1.54) is 7.11 Å². The molecule has 1 amide bonds. The second kappa shape index (κ2) is 10.1.